The minimum atomic E-state index is -0.527. The van der Waals surface area contributed by atoms with E-state index in [4.69, 9.17) is 14.6 Å². The van der Waals surface area contributed by atoms with Crippen LogP contribution in [0, 0.1) is 0 Å². The molecule has 0 fully saturated rings. The lowest BCUT2D eigenvalue weighted by molar-refractivity contribution is 0.0520. The van der Waals surface area contributed by atoms with Gasteiger partial charge in [0.1, 0.15) is 18.0 Å². The SMILES string of the molecule is CC(C)(C)OC(=O)NCCOc1ccc(CO)c(CO)c1. The Kier molecular flexibility index (Phi) is 6.45. The van der Waals surface area contributed by atoms with Gasteiger partial charge in [0.2, 0.25) is 0 Å². The van der Waals surface area contributed by atoms with Crippen molar-refractivity contribution < 1.29 is 24.5 Å². The molecule has 3 N–H and O–H groups in total. The van der Waals surface area contributed by atoms with Crippen molar-refractivity contribution in [2.75, 3.05) is 13.2 Å². The topological polar surface area (TPSA) is 88.0 Å². The zero-order chi connectivity index (χ0) is 15.9. The summed E-state index contributed by atoms with van der Waals surface area (Å²) in [6.45, 7) is 5.68. The van der Waals surface area contributed by atoms with Crippen LogP contribution in [-0.4, -0.2) is 35.1 Å². The minimum Gasteiger partial charge on any atom is -0.492 e. The van der Waals surface area contributed by atoms with E-state index in [-0.39, 0.29) is 19.8 Å². The van der Waals surface area contributed by atoms with E-state index >= 15 is 0 Å². The van der Waals surface area contributed by atoms with Crippen LogP contribution in [0.5, 0.6) is 5.75 Å². The molecule has 0 unspecified atom stereocenters. The number of rotatable bonds is 6. The monoisotopic (exact) mass is 297 g/mol. The van der Waals surface area contributed by atoms with E-state index in [2.05, 4.69) is 5.32 Å². The molecule has 6 nitrogen and oxygen atoms in total. The molecule has 6 heteroatoms. The molecule has 0 radical (unpaired) electrons. The van der Waals surface area contributed by atoms with Crippen LogP contribution in [0.3, 0.4) is 0 Å². The quantitative estimate of drug-likeness (QED) is 0.694. The maximum absolute atomic E-state index is 11.4. The van der Waals surface area contributed by atoms with Crippen molar-refractivity contribution in [2.24, 2.45) is 0 Å². The number of carbonyl (C=O) groups is 1. The van der Waals surface area contributed by atoms with Gasteiger partial charge >= 0.3 is 6.09 Å². The second kappa shape index (κ2) is 7.85. The fourth-order valence-corrected chi connectivity index (χ4v) is 1.63. The van der Waals surface area contributed by atoms with Crippen LogP contribution < -0.4 is 10.1 Å². The van der Waals surface area contributed by atoms with Gasteiger partial charge in [-0.2, -0.15) is 0 Å². The van der Waals surface area contributed by atoms with Crippen molar-refractivity contribution >= 4 is 6.09 Å². The largest absolute Gasteiger partial charge is 0.492 e. The maximum atomic E-state index is 11.4. The van der Waals surface area contributed by atoms with Crippen molar-refractivity contribution in [1.29, 1.82) is 0 Å². The van der Waals surface area contributed by atoms with E-state index in [1.807, 2.05) is 0 Å². The highest BCUT2D eigenvalue weighted by molar-refractivity contribution is 5.67. The van der Waals surface area contributed by atoms with E-state index in [1.54, 1.807) is 39.0 Å². The molecule has 1 amide bonds. The van der Waals surface area contributed by atoms with Gasteiger partial charge in [-0.05, 0) is 44.0 Å². The molecule has 0 aliphatic heterocycles. The highest BCUT2D eigenvalue weighted by Crippen LogP contribution is 2.18. The number of aliphatic hydroxyl groups excluding tert-OH is 2. The second-order valence-electron chi connectivity index (χ2n) is 5.52. The first-order valence-corrected chi connectivity index (χ1v) is 6.79. The average molecular weight is 297 g/mol. The van der Waals surface area contributed by atoms with Crippen LogP contribution in [0.2, 0.25) is 0 Å². The molecule has 1 rings (SSSR count). The molecule has 0 bridgehead atoms. The first-order valence-electron chi connectivity index (χ1n) is 6.79. The fraction of sp³-hybridized carbons (Fsp3) is 0.533. The third-order valence-electron chi connectivity index (χ3n) is 2.56. The number of carbonyl (C=O) groups excluding carboxylic acids is 1. The van der Waals surface area contributed by atoms with Gasteiger partial charge in [-0.15, -0.1) is 0 Å². The Hall–Kier alpha value is -1.79. The number of nitrogens with one attached hydrogen (secondary N) is 1. The fourth-order valence-electron chi connectivity index (χ4n) is 1.63. The summed E-state index contributed by atoms with van der Waals surface area (Å²) in [6, 6.07) is 5.07. The van der Waals surface area contributed by atoms with Crippen LogP contribution >= 0.6 is 0 Å². The van der Waals surface area contributed by atoms with Gasteiger partial charge in [-0.25, -0.2) is 4.79 Å². The summed E-state index contributed by atoms with van der Waals surface area (Å²) in [5, 5.41) is 20.9. The molecule has 0 heterocycles. The molecule has 21 heavy (non-hydrogen) atoms. The number of amides is 1. The Balaban J connectivity index is 2.38. The lowest BCUT2D eigenvalue weighted by atomic mass is 10.1. The minimum absolute atomic E-state index is 0.129. The Morgan fingerprint density at radius 3 is 2.43 bits per heavy atom. The molecule has 0 atom stereocenters. The molecule has 1 aromatic carbocycles. The van der Waals surface area contributed by atoms with Crippen LogP contribution in [0.1, 0.15) is 31.9 Å². The van der Waals surface area contributed by atoms with E-state index < -0.39 is 11.7 Å². The Morgan fingerprint density at radius 1 is 1.19 bits per heavy atom. The van der Waals surface area contributed by atoms with Crippen LogP contribution in [0.25, 0.3) is 0 Å². The summed E-state index contributed by atoms with van der Waals surface area (Å²) in [5.74, 6) is 0.572. The van der Waals surface area contributed by atoms with Gasteiger partial charge in [0.25, 0.3) is 0 Å². The summed E-state index contributed by atoms with van der Waals surface area (Å²) in [4.78, 5) is 11.4. The second-order valence-corrected chi connectivity index (χ2v) is 5.52. The molecular formula is C15H23NO5. The molecule has 0 aliphatic carbocycles. The van der Waals surface area contributed by atoms with E-state index in [0.29, 0.717) is 23.4 Å². The molecule has 0 aliphatic rings. The summed E-state index contributed by atoms with van der Waals surface area (Å²) >= 11 is 0. The predicted molar refractivity (Wildman–Crippen MR) is 78.0 cm³/mol. The average Bonchev–Trinajstić information content (AvgIpc) is 2.41. The van der Waals surface area contributed by atoms with Crippen LogP contribution in [-0.2, 0) is 18.0 Å². The van der Waals surface area contributed by atoms with E-state index in [0.717, 1.165) is 0 Å². The van der Waals surface area contributed by atoms with Gasteiger partial charge < -0.3 is 25.0 Å². The number of aliphatic hydroxyl groups is 2. The van der Waals surface area contributed by atoms with Gasteiger partial charge in [0.05, 0.1) is 19.8 Å². The Labute approximate surface area is 124 Å². The van der Waals surface area contributed by atoms with E-state index in [9.17, 15) is 9.90 Å². The third-order valence-corrected chi connectivity index (χ3v) is 2.56. The molecule has 0 aromatic heterocycles. The van der Waals surface area contributed by atoms with Crippen LogP contribution in [0.4, 0.5) is 4.79 Å². The zero-order valence-electron chi connectivity index (χ0n) is 12.7. The summed E-state index contributed by atoms with van der Waals surface area (Å²) < 4.78 is 10.6. The Bertz CT molecular complexity index is 468. The van der Waals surface area contributed by atoms with Gasteiger partial charge in [0.15, 0.2) is 0 Å². The number of alkyl carbamates (subject to hydrolysis) is 1. The van der Waals surface area contributed by atoms with Gasteiger partial charge in [0, 0.05) is 0 Å². The molecule has 1 aromatic rings. The van der Waals surface area contributed by atoms with E-state index in [1.165, 1.54) is 0 Å². The number of hydrogen-bond acceptors (Lipinski definition) is 5. The van der Waals surface area contributed by atoms with Crippen molar-refractivity contribution in [3.63, 3.8) is 0 Å². The van der Waals surface area contributed by atoms with Crippen molar-refractivity contribution in [2.45, 2.75) is 39.6 Å². The summed E-state index contributed by atoms with van der Waals surface area (Å²) in [6.07, 6.45) is -0.488. The molecule has 0 saturated carbocycles. The highest BCUT2D eigenvalue weighted by Gasteiger charge is 2.15. The number of ether oxygens (including phenoxy) is 2. The van der Waals surface area contributed by atoms with Gasteiger partial charge in [-0.1, -0.05) is 6.07 Å². The molecule has 118 valence electrons. The third kappa shape index (κ3) is 6.46. The lowest BCUT2D eigenvalue weighted by Crippen LogP contribution is -2.34. The normalized spacial score (nSPS) is 11.1. The van der Waals surface area contributed by atoms with Gasteiger partial charge in [-0.3, -0.25) is 0 Å². The van der Waals surface area contributed by atoms with Crippen molar-refractivity contribution in [3.8, 4) is 5.75 Å². The van der Waals surface area contributed by atoms with Crippen molar-refractivity contribution in [3.05, 3.63) is 29.3 Å². The lowest BCUT2D eigenvalue weighted by Gasteiger charge is -2.19. The number of hydrogen-bond donors (Lipinski definition) is 3. The molecular weight excluding hydrogens is 274 g/mol. The maximum Gasteiger partial charge on any atom is 0.407 e. The Morgan fingerprint density at radius 2 is 1.86 bits per heavy atom. The first-order chi connectivity index (χ1) is 9.85. The predicted octanol–water partition coefficient (Wildman–Crippen LogP) is 1.57. The molecule has 0 spiro atoms. The van der Waals surface area contributed by atoms with Crippen molar-refractivity contribution in [1.82, 2.24) is 5.32 Å². The zero-order valence-corrected chi connectivity index (χ0v) is 12.7. The standard InChI is InChI=1S/C15H23NO5/c1-15(2,3)21-14(19)16-6-7-20-13-5-4-11(9-17)12(8-13)10-18/h4-5,8,17-18H,6-7,9-10H2,1-3H3,(H,16,19). The summed E-state index contributed by atoms with van der Waals surface area (Å²) in [5.41, 5.74) is 0.757. The first kappa shape index (κ1) is 17.3. The number of benzene rings is 1. The van der Waals surface area contributed by atoms with Crippen LogP contribution in [0.15, 0.2) is 18.2 Å². The smallest absolute Gasteiger partial charge is 0.407 e. The highest BCUT2D eigenvalue weighted by atomic mass is 16.6. The summed E-state index contributed by atoms with van der Waals surface area (Å²) in [7, 11) is 0. The molecule has 0 saturated heterocycles.